The second kappa shape index (κ2) is 7.55. The Morgan fingerprint density at radius 3 is 2.82 bits per heavy atom. The van der Waals surface area contributed by atoms with Gasteiger partial charge in [-0.05, 0) is 12.5 Å². The Labute approximate surface area is 109 Å². The highest BCUT2D eigenvalue weighted by molar-refractivity contribution is 6.41. The molecule has 1 heterocycles. The Morgan fingerprint density at radius 1 is 1.47 bits per heavy atom. The van der Waals surface area contributed by atoms with Crippen LogP contribution in [0.3, 0.4) is 0 Å². The lowest BCUT2D eigenvalue weighted by atomic mass is 10.4. The van der Waals surface area contributed by atoms with Crippen molar-refractivity contribution in [2.75, 3.05) is 26.4 Å². The molecule has 0 saturated carbocycles. The molecule has 0 aliphatic heterocycles. The van der Waals surface area contributed by atoms with Crippen molar-refractivity contribution in [2.45, 2.75) is 6.42 Å². The number of aliphatic hydroxyl groups excluding tert-OH is 1. The van der Waals surface area contributed by atoms with E-state index < -0.39 is 0 Å². The molecule has 0 saturated heterocycles. The van der Waals surface area contributed by atoms with Crippen LogP contribution in [0.4, 0.5) is 0 Å². The first-order chi connectivity index (χ1) is 8.15. The second-order valence-corrected chi connectivity index (χ2v) is 4.08. The summed E-state index contributed by atoms with van der Waals surface area (Å²) in [6.45, 7) is 1.30. The van der Waals surface area contributed by atoms with Crippen LogP contribution in [0.2, 0.25) is 10.2 Å². The van der Waals surface area contributed by atoms with E-state index in [-0.39, 0.29) is 17.7 Å². The third-order valence-electron chi connectivity index (χ3n) is 1.96. The summed E-state index contributed by atoms with van der Waals surface area (Å²) in [5.41, 5.74) is 0.330. The van der Waals surface area contributed by atoms with Crippen LogP contribution in [0, 0.1) is 0 Å². The zero-order valence-corrected chi connectivity index (χ0v) is 10.6. The third-order valence-corrected chi connectivity index (χ3v) is 2.65. The van der Waals surface area contributed by atoms with Gasteiger partial charge in [0.2, 0.25) is 0 Å². The maximum Gasteiger partial charge on any atom is 0.267 e. The van der Waals surface area contributed by atoms with Gasteiger partial charge in [-0.2, -0.15) is 0 Å². The fraction of sp³-hybridized carbons (Fsp3) is 0.500. The number of ether oxygens (including phenoxy) is 1. The maximum atomic E-state index is 11.6. The van der Waals surface area contributed by atoms with Gasteiger partial charge < -0.3 is 20.1 Å². The molecule has 0 unspecified atom stereocenters. The number of rotatable bonds is 7. The van der Waals surface area contributed by atoms with Crippen molar-refractivity contribution in [3.05, 3.63) is 21.9 Å². The van der Waals surface area contributed by atoms with E-state index in [1.54, 1.807) is 0 Å². The van der Waals surface area contributed by atoms with E-state index >= 15 is 0 Å². The number of carbonyl (C=O) groups is 1. The standard InChI is InChI=1S/C10H14Cl2N2O3/c11-7-6-8(14-9(7)12)10(16)13-2-1-4-17-5-3-15/h6,14-15H,1-5H2,(H,13,16). The number of carbonyl (C=O) groups excluding carboxylic acids is 1. The molecule has 5 nitrogen and oxygen atoms in total. The van der Waals surface area contributed by atoms with Crippen LogP contribution in [0.1, 0.15) is 16.9 Å². The van der Waals surface area contributed by atoms with Crippen molar-refractivity contribution in [3.63, 3.8) is 0 Å². The molecule has 1 amide bonds. The van der Waals surface area contributed by atoms with Gasteiger partial charge in [-0.1, -0.05) is 23.2 Å². The first-order valence-electron chi connectivity index (χ1n) is 5.16. The average molecular weight is 281 g/mol. The molecule has 0 spiro atoms. The average Bonchev–Trinajstić information content (AvgIpc) is 2.64. The maximum absolute atomic E-state index is 11.6. The summed E-state index contributed by atoms with van der Waals surface area (Å²) in [5, 5.41) is 11.7. The van der Waals surface area contributed by atoms with E-state index in [9.17, 15) is 4.79 Å². The highest BCUT2D eigenvalue weighted by atomic mass is 35.5. The topological polar surface area (TPSA) is 74.3 Å². The van der Waals surface area contributed by atoms with E-state index in [1.165, 1.54) is 6.07 Å². The molecule has 0 fully saturated rings. The zero-order chi connectivity index (χ0) is 12.7. The van der Waals surface area contributed by atoms with Crippen LogP contribution in [-0.2, 0) is 4.74 Å². The van der Waals surface area contributed by atoms with Gasteiger partial charge >= 0.3 is 0 Å². The normalized spacial score (nSPS) is 10.5. The van der Waals surface area contributed by atoms with E-state index in [4.69, 9.17) is 33.0 Å². The number of H-pyrrole nitrogens is 1. The van der Waals surface area contributed by atoms with Gasteiger partial charge in [-0.15, -0.1) is 0 Å². The molecule has 0 radical (unpaired) electrons. The Balaban J connectivity index is 2.21. The van der Waals surface area contributed by atoms with Gasteiger partial charge in [0.15, 0.2) is 0 Å². The van der Waals surface area contributed by atoms with Crippen molar-refractivity contribution in [1.82, 2.24) is 10.3 Å². The SMILES string of the molecule is O=C(NCCCOCCO)c1cc(Cl)c(Cl)[nH]1. The van der Waals surface area contributed by atoms with Gasteiger partial charge in [-0.3, -0.25) is 4.79 Å². The van der Waals surface area contributed by atoms with Gasteiger partial charge in [0.1, 0.15) is 10.8 Å². The molecule has 17 heavy (non-hydrogen) atoms. The minimum absolute atomic E-state index is 0.00579. The summed E-state index contributed by atoms with van der Waals surface area (Å²) in [6.07, 6.45) is 0.675. The number of aromatic nitrogens is 1. The minimum atomic E-state index is -0.263. The molecule has 0 aliphatic rings. The molecule has 7 heteroatoms. The summed E-state index contributed by atoms with van der Waals surface area (Å²) < 4.78 is 5.04. The Bertz CT molecular complexity index is 349. The zero-order valence-electron chi connectivity index (χ0n) is 9.13. The number of amides is 1. The summed E-state index contributed by atoms with van der Waals surface area (Å²) >= 11 is 11.4. The van der Waals surface area contributed by atoms with Gasteiger partial charge in [0.05, 0.1) is 18.2 Å². The fourth-order valence-electron chi connectivity index (χ4n) is 1.16. The van der Waals surface area contributed by atoms with Crippen molar-refractivity contribution in [3.8, 4) is 0 Å². The van der Waals surface area contributed by atoms with Crippen LogP contribution < -0.4 is 5.32 Å². The highest BCUT2D eigenvalue weighted by Crippen LogP contribution is 2.21. The van der Waals surface area contributed by atoms with E-state index in [0.29, 0.717) is 36.9 Å². The predicted molar refractivity (Wildman–Crippen MR) is 65.7 cm³/mol. The van der Waals surface area contributed by atoms with Crippen molar-refractivity contribution < 1.29 is 14.6 Å². The molecule has 0 aliphatic carbocycles. The number of hydrogen-bond donors (Lipinski definition) is 3. The molecule has 1 aromatic heterocycles. The smallest absolute Gasteiger partial charge is 0.267 e. The lowest BCUT2D eigenvalue weighted by molar-refractivity contribution is 0.0866. The summed E-state index contributed by atoms with van der Waals surface area (Å²) in [4.78, 5) is 14.2. The van der Waals surface area contributed by atoms with Gasteiger partial charge in [-0.25, -0.2) is 0 Å². The second-order valence-electron chi connectivity index (χ2n) is 3.29. The van der Waals surface area contributed by atoms with E-state index in [1.807, 2.05) is 0 Å². The molecule has 96 valence electrons. The molecule has 3 N–H and O–H groups in total. The lowest BCUT2D eigenvalue weighted by Crippen LogP contribution is -2.25. The molecule has 0 bridgehead atoms. The first kappa shape index (κ1) is 14.3. The summed E-state index contributed by atoms with van der Waals surface area (Å²) in [6, 6.07) is 1.47. The van der Waals surface area contributed by atoms with Crippen LogP contribution in [-0.4, -0.2) is 42.4 Å². The van der Waals surface area contributed by atoms with Gasteiger partial charge in [0.25, 0.3) is 5.91 Å². The molecule has 1 rings (SSSR count). The van der Waals surface area contributed by atoms with Crippen LogP contribution >= 0.6 is 23.2 Å². The van der Waals surface area contributed by atoms with Crippen LogP contribution in [0.5, 0.6) is 0 Å². The predicted octanol–water partition coefficient (Wildman–Crippen LogP) is 1.45. The summed E-state index contributed by atoms with van der Waals surface area (Å²) in [7, 11) is 0. The molecule has 0 aromatic carbocycles. The van der Waals surface area contributed by atoms with E-state index in [0.717, 1.165) is 0 Å². The third kappa shape index (κ3) is 4.95. The van der Waals surface area contributed by atoms with Crippen molar-refractivity contribution in [2.24, 2.45) is 0 Å². The number of aliphatic hydroxyl groups is 1. The molecular weight excluding hydrogens is 267 g/mol. The number of halogens is 2. The van der Waals surface area contributed by atoms with Crippen molar-refractivity contribution in [1.29, 1.82) is 0 Å². The van der Waals surface area contributed by atoms with Crippen LogP contribution in [0.15, 0.2) is 6.07 Å². The quantitative estimate of drug-likeness (QED) is 0.662. The Hall–Kier alpha value is -0.750. The molecule has 1 aromatic rings. The Kier molecular flexibility index (Phi) is 6.36. The Morgan fingerprint density at radius 2 is 2.24 bits per heavy atom. The van der Waals surface area contributed by atoms with Crippen molar-refractivity contribution >= 4 is 29.1 Å². The minimum Gasteiger partial charge on any atom is -0.394 e. The van der Waals surface area contributed by atoms with Crippen LogP contribution in [0.25, 0.3) is 0 Å². The number of hydrogen-bond acceptors (Lipinski definition) is 3. The fourth-order valence-corrected chi connectivity index (χ4v) is 1.48. The molecule has 0 atom stereocenters. The number of nitrogens with one attached hydrogen (secondary N) is 2. The largest absolute Gasteiger partial charge is 0.394 e. The molecular formula is C10H14Cl2N2O3. The number of aromatic amines is 1. The lowest BCUT2D eigenvalue weighted by Gasteiger charge is -2.04. The summed E-state index contributed by atoms with van der Waals surface area (Å²) in [5.74, 6) is -0.263. The highest BCUT2D eigenvalue weighted by Gasteiger charge is 2.10. The first-order valence-corrected chi connectivity index (χ1v) is 5.91. The monoisotopic (exact) mass is 280 g/mol. The van der Waals surface area contributed by atoms with Gasteiger partial charge in [0, 0.05) is 13.2 Å². The van der Waals surface area contributed by atoms with E-state index in [2.05, 4.69) is 10.3 Å².